The second-order valence-corrected chi connectivity index (χ2v) is 6.41. The second-order valence-electron chi connectivity index (χ2n) is 5.22. The number of anilines is 1. The molecule has 1 aliphatic rings. The first-order valence-corrected chi connectivity index (χ1v) is 8.02. The molecule has 2 heterocycles. The predicted octanol–water partition coefficient (Wildman–Crippen LogP) is 1.90. The number of aromatic nitrogens is 3. The summed E-state index contributed by atoms with van der Waals surface area (Å²) in [6.45, 7) is 2.20. The Balaban J connectivity index is 1.75. The smallest absolute Gasteiger partial charge is 0.227 e. The van der Waals surface area contributed by atoms with Crippen molar-refractivity contribution < 1.29 is 9.59 Å². The number of rotatable bonds is 4. The summed E-state index contributed by atoms with van der Waals surface area (Å²) >= 11 is 1.29. The van der Waals surface area contributed by atoms with Crippen LogP contribution in [0.2, 0.25) is 0 Å². The highest BCUT2D eigenvalue weighted by Crippen LogP contribution is 2.28. The Hall–Kier alpha value is -2.15. The molecule has 7 heteroatoms. The molecule has 1 amide bonds. The van der Waals surface area contributed by atoms with Gasteiger partial charge in [0.2, 0.25) is 5.91 Å². The lowest BCUT2D eigenvalue weighted by Crippen LogP contribution is -2.24. The minimum Gasteiger partial charge on any atom is -0.312 e. The molecule has 1 atom stereocenters. The highest BCUT2D eigenvalue weighted by atomic mass is 32.2. The number of hydrogen-bond donors (Lipinski definition) is 0. The van der Waals surface area contributed by atoms with Gasteiger partial charge in [0.05, 0.1) is 18.1 Å². The van der Waals surface area contributed by atoms with Gasteiger partial charge in [-0.25, -0.2) is 0 Å². The molecule has 0 aliphatic carbocycles. The van der Waals surface area contributed by atoms with Gasteiger partial charge in [0.1, 0.15) is 0 Å². The third kappa shape index (κ3) is 3.19. The van der Waals surface area contributed by atoms with Gasteiger partial charge in [0.25, 0.3) is 0 Å². The van der Waals surface area contributed by atoms with Crippen LogP contribution in [0.25, 0.3) is 5.69 Å². The number of carbonyl (C=O) groups excluding carboxylic acids is 2. The maximum absolute atomic E-state index is 12.2. The lowest BCUT2D eigenvalue weighted by molar-refractivity contribution is -0.117. The van der Waals surface area contributed by atoms with Gasteiger partial charge in [-0.05, 0) is 24.1 Å². The number of nitrogens with zero attached hydrogens (tertiary/aromatic N) is 4. The zero-order valence-corrected chi connectivity index (χ0v) is 13.0. The van der Waals surface area contributed by atoms with Crippen LogP contribution in [0.3, 0.4) is 0 Å². The van der Waals surface area contributed by atoms with E-state index in [1.807, 2.05) is 24.3 Å². The van der Waals surface area contributed by atoms with Gasteiger partial charge in [0.15, 0.2) is 5.12 Å². The summed E-state index contributed by atoms with van der Waals surface area (Å²) in [5.41, 5.74) is 1.66. The van der Waals surface area contributed by atoms with Gasteiger partial charge in [-0.2, -0.15) is 15.0 Å². The van der Waals surface area contributed by atoms with Crippen molar-refractivity contribution in [1.82, 2.24) is 15.0 Å². The first-order valence-electron chi connectivity index (χ1n) is 7.04. The average Bonchev–Trinajstić information content (AvgIpc) is 3.15. The zero-order valence-electron chi connectivity index (χ0n) is 12.2. The molecule has 0 radical (unpaired) electrons. The van der Waals surface area contributed by atoms with Crippen LogP contribution < -0.4 is 4.90 Å². The van der Waals surface area contributed by atoms with E-state index in [0.29, 0.717) is 18.7 Å². The third-order valence-corrected chi connectivity index (χ3v) is 4.56. The van der Waals surface area contributed by atoms with Crippen LogP contribution in [0.4, 0.5) is 5.69 Å². The fraction of sp³-hybridized carbons (Fsp3) is 0.333. The van der Waals surface area contributed by atoms with Crippen LogP contribution >= 0.6 is 11.8 Å². The Bertz CT molecular complexity index is 687. The van der Waals surface area contributed by atoms with Gasteiger partial charge in [-0.1, -0.05) is 17.8 Å². The lowest BCUT2D eigenvalue weighted by Gasteiger charge is -2.17. The molecule has 0 saturated carbocycles. The standard InChI is InChI=1S/C15H16N4O2S/c1-11(20)22-10-12-7-15(21)18(9-12)13-3-2-4-14(8-13)19-16-5-6-17-19/h2-6,8,12H,7,9-10H2,1H3. The minimum atomic E-state index is 0.0950. The van der Waals surface area contributed by atoms with Crippen LogP contribution in [0, 0.1) is 5.92 Å². The molecular formula is C15H16N4O2S. The number of hydrogen-bond acceptors (Lipinski definition) is 5. The number of carbonyl (C=O) groups is 2. The molecule has 1 aliphatic heterocycles. The van der Waals surface area contributed by atoms with Crippen molar-refractivity contribution in [2.45, 2.75) is 13.3 Å². The summed E-state index contributed by atoms with van der Waals surface area (Å²) in [6.07, 6.45) is 3.72. The molecule has 6 nitrogen and oxygen atoms in total. The van der Waals surface area contributed by atoms with Gasteiger partial charge in [-0.3, -0.25) is 9.59 Å². The molecule has 0 spiro atoms. The Morgan fingerprint density at radius 3 is 2.77 bits per heavy atom. The Morgan fingerprint density at radius 2 is 2.05 bits per heavy atom. The molecule has 0 bridgehead atoms. The molecule has 114 valence electrons. The van der Waals surface area contributed by atoms with Crippen molar-refractivity contribution in [3.8, 4) is 5.69 Å². The number of benzene rings is 1. The van der Waals surface area contributed by atoms with E-state index in [4.69, 9.17) is 0 Å². The molecule has 1 unspecified atom stereocenters. The van der Waals surface area contributed by atoms with E-state index in [1.165, 1.54) is 16.6 Å². The topological polar surface area (TPSA) is 68.1 Å². The lowest BCUT2D eigenvalue weighted by atomic mass is 10.1. The summed E-state index contributed by atoms with van der Waals surface area (Å²) in [5, 5.41) is 8.29. The third-order valence-electron chi connectivity index (χ3n) is 3.52. The second kappa shape index (κ2) is 6.31. The van der Waals surface area contributed by atoms with Crippen molar-refractivity contribution in [2.75, 3.05) is 17.2 Å². The largest absolute Gasteiger partial charge is 0.312 e. The van der Waals surface area contributed by atoms with Crippen molar-refractivity contribution in [3.05, 3.63) is 36.7 Å². The minimum absolute atomic E-state index is 0.0950. The van der Waals surface area contributed by atoms with E-state index in [-0.39, 0.29) is 16.9 Å². The Morgan fingerprint density at radius 1 is 1.32 bits per heavy atom. The predicted molar refractivity (Wildman–Crippen MR) is 85.0 cm³/mol. The first kappa shape index (κ1) is 14.8. The molecule has 22 heavy (non-hydrogen) atoms. The molecule has 2 aromatic rings. The monoisotopic (exact) mass is 316 g/mol. The van der Waals surface area contributed by atoms with Crippen LogP contribution in [-0.4, -0.2) is 38.3 Å². The summed E-state index contributed by atoms with van der Waals surface area (Å²) in [6, 6.07) is 7.59. The highest BCUT2D eigenvalue weighted by molar-refractivity contribution is 8.13. The number of amides is 1. The normalized spacial score (nSPS) is 18.0. The maximum atomic E-state index is 12.2. The van der Waals surface area contributed by atoms with E-state index >= 15 is 0 Å². The van der Waals surface area contributed by atoms with Crippen molar-refractivity contribution >= 4 is 28.5 Å². The van der Waals surface area contributed by atoms with Gasteiger partial charge >= 0.3 is 0 Å². The fourth-order valence-electron chi connectivity index (χ4n) is 2.51. The van der Waals surface area contributed by atoms with E-state index in [9.17, 15) is 9.59 Å². The van der Waals surface area contributed by atoms with E-state index in [1.54, 1.807) is 24.2 Å². The molecule has 1 fully saturated rings. The summed E-state index contributed by atoms with van der Waals surface area (Å²) in [5.74, 6) is 1.01. The molecule has 0 N–H and O–H groups in total. The van der Waals surface area contributed by atoms with E-state index < -0.39 is 0 Å². The number of thioether (sulfide) groups is 1. The van der Waals surface area contributed by atoms with Crippen molar-refractivity contribution in [3.63, 3.8) is 0 Å². The van der Waals surface area contributed by atoms with Crippen molar-refractivity contribution in [1.29, 1.82) is 0 Å². The van der Waals surface area contributed by atoms with Crippen molar-refractivity contribution in [2.24, 2.45) is 5.92 Å². The van der Waals surface area contributed by atoms with Crippen LogP contribution in [0.5, 0.6) is 0 Å². The average molecular weight is 316 g/mol. The first-order chi connectivity index (χ1) is 10.6. The van der Waals surface area contributed by atoms with Crippen LogP contribution in [0.15, 0.2) is 36.7 Å². The molecule has 1 saturated heterocycles. The molecule has 1 aromatic carbocycles. The van der Waals surface area contributed by atoms with E-state index in [0.717, 1.165) is 11.4 Å². The molecule has 3 rings (SSSR count). The highest BCUT2D eigenvalue weighted by Gasteiger charge is 2.30. The van der Waals surface area contributed by atoms with Gasteiger partial charge < -0.3 is 4.90 Å². The van der Waals surface area contributed by atoms with Gasteiger partial charge in [0, 0.05) is 31.3 Å². The Labute approximate surface area is 132 Å². The Kier molecular flexibility index (Phi) is 4.24. The summed E-state index contributed by atoms with van der Waals surface area (Å²) in [7, 11) is 0. The quantitative estimate of drug-likeness (QED) is 0.862. The van der Waals surface area contributed by atoms with Crippen LogP contribution in [0.1, 0.15) is 13.3 Å². The van der Waals surface area contributed by atoms with E-state index in [2.05, 4.69) is 10.2 Å². The molecule has 1 aromatic heterocycles. The van der Waals surface area contributed by atoms with Gasteiger partial charge in [-0.15, -0.1) is 0 Å². The zero-order chi connectivity index (χ0) is 15.5. The summed E-state index contributed by atoms with van der Waals surface area (Å²) < 4.78 is 0. The van der Waals surface area contributed by atoms with Crippen LogP contribution in [-0.2, 0) is 9.59 Å². The maximum Gasteiger partial charge on any atom is 0.227 e. The summed E-state index contributed by atoms with van der Waals surface area (Å²) in [4.78, 5) is 26.6. The fourth-order valence-corrected chi connectivity index (χ4v) is 3.21. The molecular weight excluding hydrogens is 300 g/mol. The SMILES string of the molecule is CC(=O)SCC1CC(=O)N(c2cccc(-n3nccn3)c2)C1.